The topological polar surface area (TPSA) is 47.4 Å². The molecule has 0 N–H and O–H groups in total. The smallest absolute Gasteiger partial charge is 0.226 e. The first-order valence-corrected chi connectivity index (χ1v) is 8.26. The maximum Gasteiger partial charge on any atom is 0.226 e. The Morgan fingerprint density at radius 1 is 1.29 bits per heavy atom. The molecule has 1 aliphatic heterocycles. The number of carbonyl (C=O) groups is 1. The molecule has 0 unspecified atom stereocenters. The van der Waals surface area contributed by atoms with Gasteiger partial charge >= 0.3 is 0 Å². The first-order chi connectivity index (χ1) is 11.6. The maximum absolute atomic E-state index is 13.1. The molecule has 0 radical (unpaired) electrons. The highest BCUT2D eigenvalue weighted by Crippen LogP contribution is 2.48. The number of morpholine rings is 1. The van der Waals surface area contributed by atoms with Gasteiger partial charge < -0.3 is 9.64 Å². The molecule has 2 aliphatic rings. The third-order valence-electron chi connectivity index (χ3n) is 4.88. The zero-order valence-corrected chi connectivity index (χ0v) is 13.6. The first-order valence-electron chi connectivity index (χ1n) is 8.26. The van der Waals surface area contributed by atoms with Crippen molar-refractivity contribution in [1.29, 1.82) is 0 Å². The summed E-state index contributed by atoms with van der Waals surface area (Å²) in [5, 5.41) is 4.18. The molecular formula is C18H20FN3O2. The fraction of sp³-hybridized carbons (Fsp3) is 0.444. The molecule has 6 heteroatoms. The number of ether oxygens (including phenoxy) is 1. The highest BCUT2D eigenvalue weighted by atomic mass is 19.1. The molecule has 0 spiro atoms. The number of aromatic nitrogens is 2. The van der Waals surface area contributed by atoms with Crippen molar-refractivity contribution >= 4 is 5.91 Å². The van der Waals surface area contributed by atoms with Gasteiger partial charge in [-0.1, -0.05) is 12.1 Å². The Bertz CT molecular complexity index is 743. The van der Waals surface area contributed by atoms with Crippen LogP contribution in [0.5, 0.6) is 0 Å². The molecule has 1 aliphatic carbocycles. The summed E-state index contributed by atoms with van der Waals surface area (Å²) in [4.78, 5) is 14.7. The van der Waals surface area contributed by atoms with Crippen molar-refractivity contribution in [3.8, 4) is 0 Å². The van der Waals surface area contributed by atoms with Crippen LogP contribution in [0.3, 0.4) is 0 Å². The van der Waals surface area contributed by atoms with Crippen molar-refractivity contribution < 1.29 is 13.9 Å². The lowest BCUT2D eigenvalue weighted by atomic mass is 10.1. The van der Waals surface area contributed by atoms with Crippen LogP contribution in [-0.2, 0) is 16.6 Å². The van der Waals surface area contributed by atoms with E-state index in [0.29, 0.717) is 25.6 Å². The van der Waals surface area contributed by atoms with Crippen LogP contribution in [0, 0.1) is 11.7 Å². The van der Waals surface area contributed by atoms with Crippen molar-refractivity contribution in [2.75, 3.05) is 19.7 Å². The normalized spacial score (nSPS) is 26.4. The maximum atomic E-state index is 13.1. The first kappa shape index (κ1) is 15.3. The monoisotopic (exact) mass is 329 g/mol. The predicted octanol–water partition coefficient (Wildman–Crippen LogP) is 2.26. The molecule has 4 rings (SSSR count). The van der Waals surface area contributed by atoms with Crippen LogP contribution in [0.15, 0.2) is 36.7 Å². The van der Waals surface area contributed by atoms with E-state index in [4.69, 9.17) is 4.74 Å². The number of hydrogen-bond acceptors (Lipinski definition) is 3. The second-order valence-electron chi connectivity index (χ2n) is 6.59. The minimum Gasteiger partial charge on any atom is -0.370 e. The Morgan fingerprint density at radius 3 is 2.79 bits per heavy atom. The number of carbonyl (C=O) groups excluding carboxylic acids is 1. The van der Waals surface area contributed by atoms with Gasteiger partial charge in [-0.15, -0.1) is 0 Å². The van der Waals surface area contributed by atoms with Crippen LogP contribution in [0.4, 0.5) is 4.39 Å². The highest BCUT2D eigenvalue weighted by Gasteiger charge is 2.47. The standard InChI is InChI=1S/C18H20FN3O2/c1-21-10-13(9-20-21)15-8-16(15)18(23)22-6-7-24-17(11-22)12-2-4-14(19)5-3-12/h2-5,9-10,15-17H,6-8,11H2,1H3/t15-,16+,17+/m0/s1. The van der Waals surface area contributed by atoms with Gasteiger partial charge in [0, 0.05) is 25.7 Å². The average Bonchev–Trinajstić information content (AvgIpc) is 3.29. The Balaban J connectivity index is 1.41. The highest BCUT2D eigenvalue weighted by molar-refractivity contribution is 5.83. The molecule has 1 aromatic carbocycles. The van der Waals surface area contributed by atoms with Gasteiger partial charge in [-0.05, 0) is 35.6 Å². The zero-order valence-electron chi connectivity index (χ0n) is 13.6. The SMILES string of the molecule is Cn1cc([C@@H]2C[C@H]2C(=O)N2CCO[C@@H](c3ccc(F)cc3)C2)cn1. The van der Waals surface area contributed by atoms with Gasteiger partial charge in [0.1, 0.15) is 11.9 Å². The number of aryl methyl sites for hydroxylation is 1. The summed E-state index contributed by atoms with van der Waals surface area (Å²) in [6.07, 6.45) is 4.54. The summed E-state index contributed by atoms with van der Waals surface area (Å²) >= 11 is 0. The molecule has 1 saturated heterocycles. The summed E-state index contributed by atoms with van der Waals surface area (Å²) in [6, 6.07) is 6.31. The van der Waals surface area contributed by atoms with Crippen LogP contribution in [0.2, 0.25) is 0 Å². The van der Waals surface area contributed by atoms with Crippen molar-refractivity contribution in [3.05, 3.63) is 53.6 Å². The molecule has 5 nitrogen and oxygen atoms in total. The molecule has 3 atom stereocenters. The zero-order chi connectivity index (χ0) is 16.7. The van der Waals surface area contributed by atoms with Gasteiger partial charge in [0.25, 0.3) is 0 Å². The summed E-state index contributed by atoms with van der Waals surface area (Å²) in [5.74, 6) is 0.276. The summed E-state index contributed by atoms with van der Waals surface area (Å²) in [7, 11) is 1.89. The molecule has 2 heterocycles. The molecule has 1 saturated carbocycles. The number of amides is 1. The van der Waals surface area contributed by atoms with Gasteiger partial charge in [-0.3, -0.25) is 9.48 Å². The van der Waals surface area contributed by atoms with Crippen molar-refractivity contribution in [2.45, 2.75) is 18.4 Å². The number of nitrogens with zero attached hydrogens (tertiary/aromatic N) is 3. The van der Waals surface area contributed by atoms with E-state index in [-0.39, 0.29) is 23.7 Å². The van der Waals surface area contributed by atoms with Crippen LogP contribution in [0.1, 0.15) is 29.6 Å². The summed E-state index contributed by atoms with van der Waals surface area (Å²) in [5.41, 5.74) is 2.05. The molecule has 126 valence electrons. The van der Waals surface area contributed by atoms with E-state index in [1.54, 1.807) is 16.8 Å². The fourth-order valence-electron chi connectivity index (χ4n) is 3.43. The van der Waals surface area contributed by atoms with E-state index in [1.165, 1.54) is 12.1 Å². The molecule has 2 aromatic rings. The molecule has 1 amide bonds. The number of hydrogen-bond donors (Lipinski definition) is 0. The minimum absolute atomic E-state index is 0.0566. The second-order valence-corrected chi connectivity index (χ2v) is 6.59. The Kier molecular flexibility index (Phi) is 3.84. The van der Waals surface area contributed by atoms with Crippen molar-refractivity contribution in [2.24, 2.45) is 13.0 Å². The van der Waals surface area contributed by atoms with Crippen LogP contribution in [-0.4, -0.2) is 40.3 Å². The Labute approximate surface area is 140 Å². The van der Waals surface area contributed by atoms with E-state index < -0.39 is 0 Å². The van der Waals surface area contributed by atoms with Crippen LogP contribution in [0.25, 0.3) is 0 Å². The molecule has 24 heavy (non-hydrogen) atoms. The van der Waals surface area contributed by atoms with E-state index >= 15 is 0 Å². The largest absolute Gasteiger partial charge is 0.370 e. The molecule has 1 aromatic heterocycles. The van der Waals surface area contributed by atoms with Gasteiger partial charge in [0.15, 0.2) is 0 Å². The lowest BCUT2D eigenvalue weighted by Gasteiger charge is -2.33. The van der Waals surface area contributed by atoms with Gasteiger partial charge in [-0.2, -0.15) is 5.10 Å². The number of halogens is 1. The lowest BCUT2D eigenvalue weighted by Crippen LogP contribution is -2.43. The van der Waals surface area contributed by atoms with Gasteiger partial charge in [0.05, 0.1) is 19.3 Å². The molecular weight excluding hydrogens is 309 g/mol. The van der Waals surface area contributed by atoms with E-state index in [0.717, 1.165) is 17.5 Å². The second kappa shape index (κ2) is 6.02. The summed E-state index contributed by atoms with van der Waals surface area (Å²) in [6.45, 7) is 1.66. The van der Waals surface area contributed by atoms with Gasteiger partial charge in [-0.25, -0.2) is 4.39 Å². The number of benzene rings is 1. The Morgan fingerprint density at radius 2 is 2.08 bits per heavy atom. The van der Waals surface area contributed by atoms with Crippen molar-refractivity contribution in [1.82, 2.24) is 14.7 Å². The third-order valence-corrected chi connectivity index (χ3v) is 4.88. The fourth-order valence-corrected chi connectivity index (χ4v) is 3.43. The quantitative estimate of drug-likeness (QED) is 0.868. The van der Waals surface area contributed by atoms with E-state index in [2.05, 4.69) is 5.10 Å². The van der Waals surface area contributed by atoms with Gasteiger partial charge in [0.2, 0.25) is 5.91 Å². The van der Waals surface area contributed by atoms with E-state index in [9.17, 15) is 9.18 Å². The molecule has 2 fully saturated rings. The van der Waals surface area contributed by atoms with Crippen molar-refractivity contribution in [3.63, 3.8) is 0 Å². The summed E-state index contributed by atoms with van der Waals surface area (Å²) < 4.78 is 20.6. The predicted molar refractivity (Wildman–Crippen MR) is 85.7 cm³/mol. The van der Waals surface area contributed by atoms with E-state index in [1.807, 2.05) is 24.3 Å². The van der Waals surface area contributed by atoms with Crippen LogP contribution >= 0.6 is 0 Å². The van der Waals surface area contributed by atoms with Crippen LogP contribution < -0.4 is 0 Å². The third kappa shape index (κ3) is 2.94. The Hall–Kier alpha value is -2.21. The average molecular weight is 329 g/mol. The lowest BCUT2D eigenvalue weighted by molar-refractivity contribution is -0.140. The number of rotatable bonds is 3. The minimum atomic E-state index is -0.264. The molecule has 0 bridgehead atoms.